The van der Waals surface area contributed by atoms with Crippen LogP contribution in [0.1, 0.15) is 18.5 Å². The van der Waals surface area contributed by atoms with Gasteiger partial charge >= 0.3 is 0 Å². The molecule has 1 fully saturated rings. The quantitative estimate of drug-likeness (QED) is 0.842. The molecule has 1 heterocycles. The molecule has 27 heavy (non-hydrogen) atoms. The van der Waals surface area contributed by atoms with Gasteiger partial charge in [-0.25, -0.2) is 8.78 Å². The molecule has 0 aromatic heterocycles. The smallest absolute Gasteiger partial charge is 0.253 e. The van der Waals surface area contributed by atoms with Gasteiger partial charge in [-0.3, -0.25) is 4.79 Å². The molecule has 1 aliphatic rings. The predicted octanol–water partition coefficient (Wildman–Crippen LogP) is 3.06. The molecule has 7 heteroatoms. The molecule has 1 aliphatic heterocycles. The molecule has 144 valence electrons. The molecule has 0 radical (unpaired) electrons. The van der Waals surface area contributed by atoms with Crippen LogP contribution in [0, 0.1) is 11.6 Å². The first-order valence-electron chi connectivity index (χ1n) is 8.72. The van der Waals surface area contributed by atoms with Crippen LogP contribution in [0.4, 0.5) is 14.5 Å². The van der Waals surface area contributed by atoms with E-state index in [2.05, 4.69) is 5.32 Å². The molecule has 1 N–H and O–H groups in total. The first-order chi connectivity index (χ1) is 13.0. The van der Waals surface area contributed by atoms with Crippen molar-refractivity contribution in [3.63, 3.8) is 0 Å². The standard InChI is InChI=1S/C20H22F2N2O3/c1-13(14-4-3-5-16(8-14)26-2)23-10-17-11-24(20(25)12-27-17)15-6-7-18(21)19(22)9-15/h3-9,13,17,23H,10-12H2,1-2H3/t13-,17?/m1/s1. The fourth-order valence-corrected chi connectivity index (χ4v) is 2.99. The van der Waals surface area contributed by atoms with Crippen LogP contribution in [0.5, 0.6) is 5.75 Å². The molecule has 3 rings (SSSR count). The van der Waals surface area contributed by atoms with Crippen molar-refractivity contribution in [2.45, 2.75) is 19.1 Å². The van der Waals surface area contributed by atoms with Gasteiger partial charge in [-0.15, -0.1) is 0 Å². The SMILES string of the molecule is COc1cccc([C@@H](C)NCC2CN(c3ccc(F)c(F)c3)C(=O)CO2)c1. The van der Waals surface area contributed by atoms with Gasteiger partial charge in [0.2, 0.25) is 0 Å². The normalized spacial score (nSPS) is 18.4. The molecule has 1 saturated heterocycles. The van der Waals surface area contributed by atoms with Crippen molar-refractivity contribution >= 4 is 11.6 Å². The number of nitrogens with zero attached hydrogens (tertiary/aromatic N) is 1. The van der Waals surface area contributed by atoms with Crippen LogP contribution < -0.4 is 15.0 Å². The Kier molecular flexibility index (Phi) is 6.03. The highest BCUT2D eigenvalue weighted by molar-refractivity contribution is 5.94. The number of halogens is 2. The zero-order valence-corrected chi connectivity index (χ0v) is 15.2. The van der Waals surface area contributed by atoms with E-state index in [1.807, 2.05) is 31.2 Å². The molecular weight excluding hydrogens is 354 g/mol. The summed E-state index contributed by atoms with van der Waals surface area (Å²) in [7, 11) is 1.62. The van der Waals surface area contributed by atoms with Gasteiger partial charge in [0.05, 0.1) is 19.8 Å². The summed E-state index contributed by atoms with van der Waals surface area (Å²) in [5, 5.41) is 3.37. The van der Waals surface area contributed by atoms with Crippen molar-refractivity contribution in [2.75, 3.05) is 31.7 Å². The topological polar surface area (TPSA) is 50.8 Å². The van der Waals surface area contributed by atoms with E-state index in [1.165, 1.54) is 11.0 Å². The van der Waals surface area contributed by atoms with Crippen molar-refractivity contribution in [1.82, 2.24) is 5.32 Å². The van der Waals surface area contributed by atoms with Gasteiger partial charge in [0.25, 0.3) is 5.91 Å². The number of benzene rings is 2. The lowest BCUT2D eigenvalue weighted by molar-refractivity contribution is -0.129. The van der Waals surface area contributed by atoms with E-state index < -0.39 is 11.6 Å². The summed E-state index contributed by atoms with van der Waals surface area (Å²) in [6.45, 7) is 2.70. The highest BCUT2D eigenvalue weighted by Gasteiger charge is 2.28. The van der Waals surface area contributed by atoms with Gasteiger partial charge in [0.1, 0.15) is 12.4 Å². The van der Waals surface area contributed by atoms with Crippen molar-refractivity contribution in [3.8, 4) is 5.75 Å². The Balaban J connectivity index is 1.62. The largest absolute Gasteiger partial charge is 0.497 e. The second-order valence-electron chi connectivity index (χ2n) is 6.44. The Morgan fingerprint density at radius 2 is 2.07 bits per heavy atom. The number of nitrogens with one attached hydrogen (secondary N) is 1. The van der Waals surface area contributed by atoms with E-state index in [0.717, 1.165) is 23.4 Å². The van der Waals surface area contributed by atoms with Crippen LogP contribution in [0.15, 0.2) is 42.5 Å². The van der Waals surface area contributed by atoms with E-state index in [4.69, 9.17) is 9.47 Å². The summed E-state index contributed by atoms with van der Waals surface area (Å²) >= 11 is 0. The van der Waals surface area contributed by atoms with Gasteiger partial charge in [-0.05, 0) is 36.8 Å². The number of rotatable bonds is 6. The van der Waals surface area contributed by atoms with E-state index in [9.17, 15) is 13.6 Å². The molecule has 0 aliphatic carbocycles. The number of methoxy groups -OCH3 is 1. The summed E-state index contributed by atoms with van der Waals surface area (Å²) < 4.78 is 37.5. The molecular formula is C20H22F2N2O3. The Bertz CT molecular complexity index is 816. The summed E-state index contributed by atoms with van der Waals surface area (Å²) in [6.07, 6.45) is -0.260. The number of carbonyl (C=O) groups excluding carboxylic acids is 1. The summed E-state index contributed by atoms with van der Waals surface area (Å²) in [5.41, 5.74) is 1.40. The zero-order chi connectivity index (χ0) is 19.4. The number of morpholine rings is 1. The molecule has 5 nitrogen and oxygen atoms in total. The number of ether oxygens (including phenoxy) is 2. The van der Waals surface area contributed by atoms with Gasteiger partial charge in [0.15, 0.2) is 11.6 Å². The highest BCUT2D eigenvalue weighted by atomic mass is 19.2. The van der Waals surface area contributed by atoms with E-state index in [1.54, 1.807) is 7.11 Å². The van der Waals surface area contributed by atoms with Crippen molar-refractivity contribution in [1.29, 1.82) is 0 Å². The third kappa shape index (κ3) is 4.61. The van der Waals surface area contributed by atoms with Crippen LogP contribution in [0.2, 0.25) is 0 Å². The summed E-state index contributed by atoms with van der Waals surface area (Å²) in [4.78, 5) is 13.5. The van der Waals surface area contributed by atoms with Crippen molar-refractivity contribution < 1.29 is 23.0 Å². The molecule has 1 amide bonds. The zero-order valence-electron chi connectivity index (χ0n) is 15.2. The minimum atomic E-state index is -0.979. The number of anilines is 1. The Labute approximate surface area is 156 Å². The van der Waals surface area contributed by atoms with E-state index in [-0.39, 0.29) is 31.2 Å². The second kappa shape index (κ2) is 8.45. The average molecular weight is 376 g/mol. The lowest BCUT2D eigenvalue weighted by atomic mass is 10.1. The van der Waals surface area contributed by atoms with E-state index >= 15 is 0 Å². The van der Waals surface area contributed by atoms with Crippen LogP contribution in [0.3, 0.4) is 0 Å². The number of hydrogen-bond donors (Lipinski definition) is 1. The predicted molar refractivity (Wildman–Crippen MR) is 97.9 cm³/mol. The molecule has 0 bridgehead atoms. The lowest BCUT2D eigenvalue weighted by Crippen LogP contribution is -2.50. The highest BCUT2D eigenvalue weighted by Crippen LogP contribution is 2.22. The minimum absolute atomic E-state index is 0.0537. The molecule has 1 unspecified atom stereocenters. The fraction of sp³-hybridized carbons (Fsp3) is 0.350. The maximum atomic E-state index is 13.5. The first kappa shape index (κ1) is 19.3. The maximum absolute atomic E-state index is 13.5. The van der Waals surface area contributed by atoms with Crippen LogP contribution in [-0.4, -0.2) is 38.8 Å². The summed E-state index contributed by atoms with van der Waals surface area (Å²) in [6, 6.07) is 11.3. The van der Waals surface area contributed by atoms with Gasteiger partial charge < -0.3 is 19.7 Å². The van der Waals surface area contributed by atoms with Crippen LogP contribution >= 0.6 is 0 Å². The van der Waals surface area contributed by atoms with Gasteiger partial charge in [0, 0.05) is 24.3 Å². The average Bonchev–Trinajstić information content (AvgIpc) is 2.69. The molecule has 2 atom stereocenters. The monoisotopic (exact) mass is 376 g/mol. The van der Waals surface area contributed by atoms with Crippen molar-refractivity contribution in [3.05, 3.63) is 59.7 Å². The summed E-state index contributed by atoms with van der Waals surface area (Å²) in [5.74, 6) is -1.42. The second-order valence-corrected chi connectivity index (χ2v) is 6.44. The molecule has 0 saturated carbocycles. The van der Waals surface area contributed by atoms with Gasteiger partial charge in [-0.2, -0.15) is 0 Å². The number of hydrogen-bond acceptors (Lipinski definition) is 4. The molecule has 0 spiro atoms. The first-order valence-corrected chi connectivity index (χ1v) is 8.72. The Morgan fingerprint density at radius 1 is 1.26 bits per heavy atom. The van der Waals surface area contributed by atoms with Crippen LogP contribution in [-0.2, 0) is 9.53 Å². The van der Waals surface area contributed by atoms with Gasteiger partial charge in [-0.1, -0.05) is 12.1 Å². The van der Waals surface area contributed by atoms with Crippen molar-refractivity contribution in [2.24, 2.45) is 0 Å². The third-order valence-corrected chi connectivity index (χ3v) is 4.59. The Morgan fingerprint density at radius 3 is 2.81 bits per heavy atom. The Hall–Kier alpha value is -2.51. The lowest BCUT2D eigenvalue weighted by Gasteiger charge is -2.33. The molecule has 2 aromatic carbocycles. The van der Waals surface area contributed by atoms with E-state index in [0.29, 0.717) is 12.2 Å². The fourth-order valence-electron chi connectivity index (χ4n) is 2.99. The number of amides is 1. The molecule has 2 aromatic rings. The number of carbonyl (C=O) groups is 1. The van der Waals surface area contributed by atoms with Crippen LogP contribution in [0.25, 0.3) is 0 Å². The minimum Gasteiger partial charge on any atom is -0.497 e. The third-order valence-electron chi connectivity index (χ3n) is 4.59. The maximum Gasteiger partial charge on any atom is 0.253 e.